The van der Waals surface area contributed by atoms with E-state index in [1.54, 1.807) is 0 Å². The van der Waals surface area contributed by atoms with Crippen molar-refractivity contribution in [1.29, 1.82) is 0 Å². The van der Waals surface area contributed by atoms with Gasteiger partial charge >= 0.3 is 17.9 Å². The Balaban J connectivity index is 4.39. The van der Waals surface area contributed by atoms with Crippen molar-refractivity contribution >= 4 is 17.9 Å². The number of rotatable bonds is 60. The highest BCUT2D eigenvalue weighted by Crippen LogP contribution is 2.16. The number of ether oxygens (including phenoxy) is 3. The Hall–Kier alpha value is -4.97. The molecule has 6 nitrogen and oxygen atoms in total. The van der Waals surface area contributed by atoms with Gasteiger partial charge in [0.1, 0.15) is 13.2 Å². The molecule has 0 heterocycles. The van der Waals surface area contributed by atoms with Crippen LogP contribution < -0.4 is 0 Å². The van der Waals surface area contributed by atoms with Crippen molar-refractivity contribution in [2.24, 2.45) is 0 Å². The minimum absolute atomic E-state index is 0.102. The first-order valence-corrected chi connectivity index (χ1v) is 34.0. The van der Waals surface area contributed by atoms with Crippen molar-refractivity contribution in [2.45, 2.75) is 297 Å². The van der Waals surface area contributed by atoms with Crippen LogP contribution in [0.1, 0.15) is 290 Å². The van der Waals surface area contributed by atoms with Crippen molar-refractivity contribution in [3.63, 3.8) is 0 Å². The number of esters is 3. The average molecular weight is 1150 g/mol. The van der Waals surface area contributed by atoms with E-state index >= 15 is 0 Å². The van der Waals surface area contributed by atoms with E-state index in [9.17, 15) is 14.4 Å². The van der Waals surface area contributed by atoms with Crippen LogP contribution >= 0.6 is 0 Å². The van der Waals surface area contributed by atoms with E-state index in [4.69, 9.17) is 14.2 Å². The number of carbonyl (C=O) groups is 3. The van der Waals surface area contributed by atoms with Gasteiger partial charge in [0.15, 0.2) is 6.10 Å². The molecule has 0 aliphatic carbocycles. The van der Waals surface area contributed by atoms with Crippen molar-refractivity contribution < 1.29 is 28.6 Å². The van der Waals surface area contributed by atoms with Gasteiger partial charge in [-0.15, -0.1) is 0 Å². The highest BCUT2D eigenvalue weighted by Gasteiger charge is 2.19. The monoisotopic (exact) mass is 1140 g/mol. The van der Waals surface area contributed by atoms with Crippen LogP contribution in [0.25, 0.3) is 0 Å². The van der Waals surface area contributed by atoms with Gasteiger partial charge in [-0.3, -0.25) is 14.4 Å². The highest BCUT2D eigenvalue weighted by atomic mass is 16.6. The molecule has 0 aromatic rings. The van der Waals surface area contributed by atoms with Gasteiger partial charge < -0.3 is 14.2 Å². The third kappa shape index (κ3) is 67.7. The van der Waals surface area contributed by atoms with E-state index in [0.29, 0.717) is 19.3 Å². The fourth-order valence-electron chi connectivity index (χ4n) is 8.98. The zero-order valence-electron chi connectivity index (χ0n) is 53.7. The van der Waals surface area contributed by atoms with Crippen LogP contribution in [0.4, 0.5) is 0 Å². The first-order chi connectivity index (χ1) is 41.0. The largest absolute Gasteiger partial charge is 0.462 e. The fraction of sp³-hybridized carbons (Fsp3) is 0.623. The third-order valence-corrected chi connectivity index (χ3v) is 14.0. The second-order valence-electron chi connectivity index (χ2n) is 22.0. The first kappa shape index (κ1) is 78.0. The maximum atomic E-state index is 12.9. The molecule has 0 aliphatic heterocycles. The lowest BCUT2D eigenvalue weighted by Gasteiger charge is -2.18. The molecule has 0 bridgehead atoms. The standard InChI is InChI=1S/C77H124O6/c1-4-7-10-13-16-19-22-25-27-29-31-33-35-37-38-40-41-43-45-47-49-52-55-58-61-64-67-70-76(79)82-73-74(72-81-75(78)69-66-63-60-57-54-51-24-21-18-15-12-9-6-3)83-77(80)71-68-65-62-59-56-53-50-48-46-44-42-39-36-34-32-30-28-26-23-20-17-14-11-8-5-2/h7-8,10-12,15-17,19-21,24-28,31-34,39,42,46,48,53,56,74H,4-6,9,13-14,18,22-23,29-30,35-38,40-41,43-45,47,49-52,54-55,57-73H2,1-3H3/b10-7-,11-8-,15-12-,19-16-,20-17-,24-21-,27-25-,28-26-,33-31-,34-32-,42-39-,48-46-,56-53-. The number of unbranched alkanes of at least 4 members (excludes halogenated alkanes) is 23. The first-order valence-electron chi connectivity index (χ1n) is 34.0. The molecule has 0 N–H and O–H groups in total. The van der Waals surface area contributed by atoms with E-state index in [0.717, 1.165) is 161 Å². The Bertz CT molecular complexity index is 1840. The van der Waals surface area contributed by atoms with Gasteiger partial charge in [-0.25, -0.2) is 0 Å². The molecule has 0 rings (SSSR count). The van der Waals surface area contributed by atoms with Crippen LogP contribution in [-0.2, 0) is 28.6 Å². The van der Waals surface area contributed by atoms with Crippen LogP contribution in [0.5, 0.6) is 0 Å². The lowest BCUT2D eigenvalue weighted by molar-refractivity contribution is -0.167. The summed E-state index contributed by atoms with van der Waals surface area (Å²) in [6.07, 6.45) is 101. The molecule has 0 aromatic carbocycles. The van der Waals surface area contributed by atoms with Crippen molar-refractivity contribution in [3.05, 3.63) is 158 Å². The summed E-state index contributed by atoms with van der Waals surface area (Å²) in [5, 5.41) is 0. The molecular weight excluding hydrogens is 1020 g/mol. The van der Waals surface area contributed by atoms with Crippen LogP contribution in [0.3, 0.4) is 0 Å². The molecule has 0 aliphatic rings. The molecule has 0 saturated carbocycles. The van der Waals surface area contributed by atoms with E-state index < -0.39 is 6.10 Å². The Labute approximate surface area is 511 Å². The number of allylic oxidation sites excluding steroid dienone is 26. The number of carbonyl (C=O) groups excluding carboxylic acids is 3. The Morgan fingerprint density at radius 2 is 0.470 bits per heavy atom. The lowest BCUT2D eigenvalue weighted by Crippen LogP contribution is -2.30. The molecule has 0 fully saturated rings. The van der Waals surface area contributed by atoms with Crippen LogP contribution in [-0.4, -0.2) is 37.2 Å². The normalized spacial score (nSPS) is 13.1. The average Bonchev–Trinajstić information content (AvgIpc) is 3.49. The smallest absolute Gasteiger partial charge is 0.306 e. The summed E-state index contributed by atoms with van der Waals surface area (Å²) in [5.74, 6) is -0.949. The SMILES string of the molecule is CC/C=C\C/C=C\C/C=C\C/C=C\C/C=C\C/C=C\C/C=C\CCCCCC(=O)OC(COC(=O)CCCCCCC/C=C\C/C=C\CCC)COC(=O)CCCCCCCCCCCCCCCC/C=C\C/C=C\C/C=C\C/C=C\CC. The quantitative estimate of drug-likeness (QED) is 0.0261. The number of hydrogen-bond acceptors (Lipinski definition) is 6. The summed E-state index contributed by atoms with van der Waals surface area (Å²) in [4.78, 5) is 38.4. The summed E-state index contributed by atoms with van der Waals surface area (Å²) >= 11 is 0. The maximum absolute atomic E-state index is 12.9. The van der Waals surface area contributed by atoms with Crippen LogP contribution in [0, 0.1) is 0 Å². The predicted molar refractivity (Wildman–Crippen MR) is 362 cm³/mol. The van der Waals surface area contributed by atoms with Gasteiger partial charge in [-0.05, 0) is 141 Å². The minimum Gasteiger partial charge on any atom is -0.462 e. The highest BCUT2D eigenvalue weighted by molar-refractivity contribution is 5.71. The molecule has 83 heavy (non-hydrogen) atoms. The molecular formula is C77H124O6. The Morgan fingerprint density at radius 1 is 0.253 bits per heavy atom. The van der Waals surface area contributed by atoms with Gasteiger partial charge in [0.2, 0.25) is 0 Å². The lowest BCUT2D eigenvalue weighted by atomic mass is 10.0. The minimum atomic E-state index is -0.811. The van der Waals surface area contributed by atoms with Gasteiger partial charge in [-0.1, -0.05) is 288 Å². The molecule has 1 unspecified atom stereocenters. The van der Waals surface area contributed by atoms with E-state index in [-0.39, 0.29) is 37.5 Å². The second-order valence-corrected chi connectivity index (χ2v) is 22.0. The topological polar surface area (TPSA) is 78.9 Å². The molecule has 0 radical (unpaired) electrons. The fourth-order valence-corrected chi connectivity index (χ4v) is 8.98. The molecule has 0 spiro atoms. The van der Waals surface area contributed by atoms with E-state index in [1.807, 2.05) is 0 Å². The molecule has 0 saturated heterocycles. The Kier molecular flexibility index (Phi) is 65.4. The van der Waals surface area contributed by atoms with Crippen LogP contribution in [0.2, 0.25) is 0 Å². The van der Waals surface area contributed by atoms with Gasteiger partial charge in [0.05, 0.1) is 0 Å². The van der Waals surface area contributed by atoms with Gasteiger partial charge in [0.25, 0.3) is 0 Å². The molecule has 0 aromatic heterocycles. The zero-order chi connectivity index (χ0) is 59.9. The van der Waals surface area contributed by atoms with Gasteiger partial charge in [0, 0.05) is 19.3 Å². The molecule has 468 valence electrons. The summed E-state index contributed by atoms with van der Waals surface area (Å²) in [5.41, 5.74) is 0. The van der Waals surface area contributed by atoms with E-state index in [2.05, 4.69) is 179 Å². The molecule has 0 amide bonds. The van der Waals surface area contributed by atoms with Crippen LogP contribution in [0.15, 0.2) is 158 Å². The summed E-state index contributed by atoms with van der Waals surface area (Å²) in [7, 11) is 0. The Morgan fingerprint density at radius 3 is 0.747 bits per heavy atom. The summed E-state index contributed by atoms with van der Waals surface area (Å²) < 4.78 is 16.9. The molecule has 1 atom stereocenters. The number of hydrogen-bond donors (Lipinski definition) is 0. The van der Waals surface area contributed by atoms with Crippen molar-refractivity contribution in [1.82, 2.24) is 0 Å². The second kappa shape index (κ2) is 69.5. The third-order valence-electron chi connectivity index (χ3n) is 14.0. The van der Waals surface area contributed by atoms with Crippen molar-refractivity contribution in [2.75, 3.05) is 13.2 Å². The van der Waals surface area contributed by atoms with Gasteiger partial charge in [-0.2, -0.15) is 0 Å². The predicted octanol–water partition coefficient (Wildman–Crippen LogP) is 23.7. The summed E-state index contributed by atoms with van der Waals surface area (Å²) in [6, 6.07) is 0. The maximum Gasteiger partial charge on any atom is 0.306 e. The zero-order valence-corrected chi connectivity index (χ0v) is 53.7. The molecule has 6 heteroatoms. The summed E-state index contributed by atoms with van der Waals surface area (Å²) in [6.45, 7) is 6.32. The van der Waals surface area contributed by atoms with Crippen molar-refractivity contribution in [3.8, 4) is 0 Å². The van der Waals surface area contributed by atoms with E-state index in [1.165, 1.54) is 83.5 Å².